The van der Waals surface area contributed by atoms with Crippen LogP contribution in [-0.4, -0.2) is 18.0 Å². The summed E-state index contributed by atoms with van der Waals surface area (Å²) in [7, 11) is 1.24. The van der Waals surface area contributed by atoms with E-state index in [9.17, 15) is 19.3 Å². The third kappa shape index (κ3) is 3.33. The van der Waals surface area contributed by atoms with Gasteiger partial charge in [0, 0.05) is 0 Å². The Morgan fingerprint density at radius 3 is 2.67 bits per heavy atom. The molecule has 0 saturated heterocycles. The molecule has 2 rings (SSSR count). The van der Waals surface area contributed by atoms with Crippen LogP contribution in [0.3, 0.4) is 0 Å². The van der Waals surface area contributed by atoms with Gasteiger partial charge in [-0.05, 0) is 30.3 Å². The number of esters is 1. The molecule has 0 N–H and O–H groups in total. The van der Waals surface area contributed by atoms with E-state index in [2.05, 4.69) is 4.74 Å². The van der Waals surface area contributed by atoms with Crippen LogP contribution in [0.15, 0.2) is 42.5 Å². The first-order chi connectivity index (χ1) is 10.0. The van der Waals surface area contributed by atoms with E-state index in [0.717, 1.165) is 18.2 Å². The second-order valence-electron chi connectivity index (χ2n) is 3.99. The van der Waals surface area contributed by atoms with Gasteiger partial charge in [-0.25, -0.2) is 9.18 Å². The highest BCUT2D eigenvalue weighted by Gasteiger charge is 2.17. The van der Waals surface area contributed by atoms with Crippen molar-refractivity contribution >= 4 is 11.7 Å². The van der Waals surface area contributed by atoms with Crippen LogP contribution in [0.1, 0.15) is 10.4 Å². The molecule has 2 aromatic carbocycles. The van der Waals surface area contributed by atoms with Crippen LogP contribution >= 0.6 is 0 Å². The van der Waals surface area contributed by atoms with Crippen LogP contribution in [0.2, 0.25) is 0 Å². The molecule has 108 valence electrons. The first-order valence-electron chi connectivity index (χ1n) is 5.81. The van der Waals surface area contributed by atoms with E-state index in [0.29, 0.717) is 0 Å². The van der Waals surface area contributed by atoms with Crippen molar-refractivity contribution < 1.29 is 23.6 Å². The summed E-state index contributed by atoms with van der Waals surface area (Å²) < 4.78 is 23.0. The molecule has 7 heteroatoms. The van der Waals surface area contributed by atoms with Crippen LogP contribution in [0.5, 0.6) is 11.5 Å². The molecule has 0 heterocycles. The van der Waals surface area contributed by atoms with Crippen LogP contribution in [-0.2, 0) is 4.74 Å². The van der Waals surface area contributed by atoms with Crippen molar-refractivity contribution in [1.82, 2.24) is 0 Å². The number of hydrogen-bond donors (Lipinski definition) is 0. The molecule has 0 aliphatic rings. The molecule has 0 atom stereocenters. The molecule has 0 saturated carbocycles. The Bertz CT molecular complexity index is 702. The van der Waals surface area contributed by atoms with Crippen LogP contribution < -0.4 is 4.74 Å². The number of methoxy groups -OCH3 is 1. The molecular formula is C14H10FNO5. The molecule has 0 fully saturated rings. The highest BCUT2D eigenvalue weighted by molar-refractivity contribution is 5.89. The first-order valence-corrected chi connectivity index (χ1v) is 5.81. The van der Waals surface area contributed by atoms with E-state index in [1.54, 1.807) is 0 Å². The summed E-state index contributed by atoms with van der Waals surface area (Å²) >= 11 is 0. The Hall–Kier alpha value is -2.96. The SMILES string of the molecule is COC(=O)c1cccc(Oc2ccc(F)cc2[N+](=O)[O-])c1. The molecule has 0 unspecified atom stereocenters. The lowest BCUT2D eigenvalue weighted by Gasteiger charge is -2.07. The van der Waals surface area contributed by atoms with Gasteiger partial charge in [-0.15, -0.1) is 0 Å². The van der Waals surface area contributed by atoms with Crippen LogP contribution in [0.4, 0.5) is 10.1 Å². The zero-order valence-corrected chi connectivity index (χ0v) is 10.9. The maximum absolute atomic E-state index is 13.0. The van der Waals surface area contributed by atoms with Crippen molar-refractivity contribution in [3.05, 3.63) is 64.0 Å². The quantitative estimate of drug-likeness (QED) is 0.490. The normalized spacial score (nSPS) is 10.0. The topological polar surface area (TPSA) is 78.7 Å². The second-order valence-corrected chi connectivity index (χ2v) is 3.99. The summed E-state index contributed by atoms with van der Waals surface area (Å²) in [5.41, 5.74) is -0.266. The number of nitro groups is 1. The number of hydrogen-bond acceptors (Lipinski definition) is 5. The summed E-state index contributed by atoms with van der Waals surface area (Å²) in [6.45, 7) is 0. The Kier molecular flexibility index (Phi) is 4.13. The summed E-state index contributed by atoms with van der Waals surface area (Å²) in [4.78, 5) is 21.5. The monoisotopic (exact) mass is 291 g/mol. The number of carbonyl (C=O) groups excluding carboxylic acids is 1. The van der Waals surface area contributed by atoms with Crippen molar-refractivity contribution in [3.8, 4) is 11.5 Å². The first kappa shape index (κ1) is 14.4. The second kappa shape index (κ2) is 6.00. The molecule has 6 nitrogen and oxygen atoms in total. The molecule has 21 heavy (non-hydrogen) atoms. The van der Waals surface area contributed by atoms with Crippen molar-refractivity contribution in [3.63, 3.8) is 0 Å². The van der Waals surface area contributed by atoms with Gasteiger partial charge >= 0.3 is 11.7 Å². The number of ether oxygens (including phenoxy) is 2. The lowest BCUT2D eigenvalue weighted by atomic mass is 10.2. The largest absolute Gasteiger partial charge is 0.465 e. The molecule has 0 amide bonds. The Labute approximate surface area is 118 Å². The van der Waals surface area contributed by atoms with Crippen LogP contribution in [0.25, 0.3) is 0 Å². The third-order valence-electron chi connectivity index (χ3n) is 2.60. The number of nitro benzene ring substituents is 1. The number of benzene rings is 2. The smallest absolute Gasteiger partial charge is 0.337 e. The summed E-state index contributed by atoms with van der Waals surface area (Å²) in [6.07, 6.45) is 0. The molecule has 0 spiro atoms. The van der Waals surface area contributed by atoms with Crippen molar-refractivity contribution in [2.24, 2.45) is 0 Å². The third-order valence-corrected chi connectivity index (χ3v) is 2.60. The fraction of sp³-hybridized carbons (Fsp3) is 0.0714. The summed E-state index contributed by atoms with van der Waals surface area (Å²) in [5.74, 6) is -1.22. The molecule has 0 bridgehead atoms. The van der Waals surface area contributed by atoms with E-state index >= 15 is 0 Å². The predicted molar refractivity (Wildman–Crippen MR) is 70.9 cm³/mol. The van der Waals surface area contributed by atoms with Gasteiger partial charge in [0.15, 0.2) is 0 Å². The molecule has 0 aliphatic heterocycles. The Morgan fingerprint density at radius 1 is 1.24 bits per heavy atom. The number of rotatable bonds is 4. The number of halogens is 1. The fourth-order valence-corrected chi connectivity index (χ4v) is 1.65. The zero-order chi connectivity index (χ0) is 15.4. The van der Waals surface area contributed by atoms with Gasteiger partial charge in [-0.1, -0.05) is 6.07 Å². The molecular weight excluding hydrogens is 281 g/mol. The minimum absolute atomic E-state index is 0.122. The minimum Gasteiger partial charge on any atom is -0.465 e. The molecule has 0 aromatic heterocycles. The van der Waals surface area contributed by atoms with Crippen molar-refractivity contribution in [2.75, 3.05) is 7.11 Å². The van der Waals surface area contributed by atoms with Gasteiger partial charge in [-0.3, -0.25) is 10.1 Å². The Morgan fingerprint density at radius 2 is 2.00 bits per heavy atom. The summed E-state index contributed by atoms with van der Waals surface area (Å²) in [5, 5.41) is 10.9. The maximum atomic E-state index is 13.0. The average molecular weight is 291 g/mol. The zero-order valence-electron chi connectivity index (χ0n) is 10.9. The van der Waals surface area contributed by atoms with Crippen molar-refractivity contribution in [2.45, 2.75) is 0 Å². The highest BCUT2D eigenvalue weighted by atomic mass is 19.1. The number of carbonyl (C=O) groups is 1. The van der Waals surface area contributed by atoms with Gasteiger partial charge in [0.1, 0.15) is 11.6 Å². The van der Waals surface area contributed by atoms with E-state index in [4.69, 9.17) is 4.74 Å². The van der Waals surface area contributed by atoms with Crippen LogP contribution in [0, 0.1) is 15.9 Å². The lowest BCUT2D eigenvalue weighted by molar-refractivity contribution is -0.385. The average Bonchev–Trinajstić information content (AvgIpc) is 2.48. The molecule has 0 aliphatic carbocycles. The van der Waals surface area contributed by atoms with E-state index in [1.807, 2.05) is 0 Å². The van der Waals surface area contributed by atoms with Gasteiger partial charge in [0.25, 0.3) is 0 Å². The molecule has 0 radical (unpaired) electrons. The van der Waals surface area contributed by atoms with E-state index in [-0.39, 0.29) is 17.1 Å². The van der Waals surface area contributed by atoms with Gasteiger partial charge in [0.05, 0.1) is 23.7 Å². The fourth-order valence-electron chi connectivity index (χ4n) is 1.65. The standard InChI is InChI=1S/C14H10FNO5/c1-20-14(17)9-3-2-4-11(7-9)21-13-6-5-10(15)8-12(13)16(18)19/h2-8H,1H3. The van der Waals surface area contributed by atoms with Gasteiger partial charge < -0.3 is 9.47 Å². The van der Waals surface area contributed by atoms with Gasteiger partial charge in [-0.2, -0.15) is 0 Å². The summed E-state index contributed by atoms with van der Waals surface area (Å²) in [6, 6.07) is 8.90. The predicted octanol–water partition coefficient (Wildman–Crippen LogP) is 3.31. The van der Waals surface area contributed by atoms with Crippen molar-refractivity contribution in [1.29, 1.82) is 0 Å². The van der Waals surface area contributed by atoms with E-state index < -0.39 is 22.4 Å². The lowest BCUT2D eigenvalue weighted by Crippen LogP contribution is -2.01. The Balaban J connectivity index is 2.34. The maximum Gasteiger partial charge on any atom is 0.337 e. The van der Waals surface area contributed by atoms with Gasteiger partial charge in [0.2, 0.25) is 5.75 Å². The minimum atomic E-state index is -0.747. The highest BCUT2D eigenvalue weighted by Crippen LogP contribution is 2.32. The number of nitrogens with zero attached hydrogens (tertiary/aromatic N) is 1. The van der Waals surface area contributed by atoms with E-state index in [1.165, 1.54) is 31.4 Å². The molecule has 2 aromatic rings.